The molecule has 4 rings (SSSR count). The summed E-state index contributed by atoms with van der Waals surface area (Å²) in [7, 11) is 0. The molecule has 0 saturated carbocycles. The highest BCUT2D eigenvalue weighted by Gasteiger charge is 2.20. The minimum absolute atomic E-state index is 0.0376. The molecule has 1 fully saturated rings. The van der Waals surface area contributed by atoms with Crippen LogP contribution in [-0.2, 0) is 11.2 Å². The number of benzene rings is 1. The molecule has 1 atom stereocenters. The zero-order valence-corrected chi connectivity index (χ0v) is 18.1. The molecular formula is C23H27N7O3. The predicted octanol–water partition coefficient (Wildman–Crippen LogP) is 1.07. The van der Waals surface area contributed by atoms with Gasteiger partial charge in [0.2, 0.25) is 0 Å². The molecule has 172 valence electrons. The number of anilines is 3. The zero-order chi connectivity index (χ0) is 23.2. The number of nitrogens with zero attached hydrogens (tertiary/aromatic N) is 4. The Balaban J connectivity index is 1.54. The van der Waals surface area contributed by atoms with Gasteiger partial charge in [-0.25, -0.2) is 9.97 Å². The molecule has 1 unspecified atom stereocenters. The zero-order valence-electron chi connectivity index (χ0n) is 18.1. The first-order valence-corrected chi connectivity index (χ1v) is 10.7. The summed E-state index contributed by atoms with van der Waals surface area (Å²) >= 11 is 0. The number of hydrogen-bond acceptors (Lipinski definition) is 9. The number of rotatable bonds is 7. The number of aromatic nitrogens is 3. The molecule has 0 spiro atoms. The number of hydrogen-bond donors (Lipinski definition) is 4. The second kappa shape index (κ2) is 10.3. The molecule has 10 nitrogen and oxygen atoms in total. The van der Waals surface area contributed by atoms with E-state index in [4.69, 9.17) is 21.3 Å². The lowest BCUT2D eigenvalue weighted by Crippen LogP contribution is -2.36. The van der Waals surface area contributed by atoms with Crippen molar-refractivity contribution >= 4 is 23.1 Å². The van der Waals surface area contributed by atoms with Crippen LogP contribution in [0.1, 0.15) is 16.1 Å². The van der Waals surface area contributed by atoms with Crippen molar-refractivity contribution in [1.82, 2.24) is 15.0 Å². The van der Waals surface area contributed by atoms with E-state index in [-0.39, 0.29) is 24.2 Å². The van der Waals surface area contributed by atoms with Crippen LogP contribution >= 0.6 is 0 Å². The van der Waals surface area contributed by atoms with Crippen LogP contribution in [0.15, 0.2) is 48.9 Å². The maximum absolute atomic E-state index is 13.1. The summed E-state index contributed by atoms with van der Waals surface area (Å²) in [6.45, 7) is 2.63. The molecule has 6 N–H and O–H groups in total. The maximum Gasteiger partial charge on any atom is 0.278 e. The maximum atomic E-state index is 13.1. The number of amides is 1. The Morgan fingerprint density at radius 3 is 2.67 bits per heavy atom. The van der Waals surface area contributed by atoms with Gasteiger partial charge in [-0.3, -0.25) is 9.78 Å². The third kappa shape index (κ3) is 5.43. The van der Waals surface area contributed by atoms with Crippen LogP contribution in [0.3, 0.4) is 0 Å². The highest BCUT2D eigenvalue weighted by molar-refractivity contribution is 6.07. The first kappa shape index (κ1) is 22.6. The van der Waals surface area contributed by atoms with Gasteiger partial charge in [-0.2, -0.15) is 0 Å². The Bertz CT molecular complexity index is 1100. The van der Waals surface area contributed by atoms with Crippen molar-refractivity contribution in [2.45, 2.75) is 12.5 Å². The van der Waals surface area contributed by atoms with E-state index in [0.29, 0.717) is 31.0 Å². The van der Waals surface area contributed by atoms with Gasteiger partial charge < -0.3 is 31.5 Å². The lowest BCUT2D eigenvalue weighted by atomic mass is 10.0. The van der Waals surface area contributed by atoms with E-state index in [2.05, 4.69) is 25.2 Å². The van der Waals surface area contributed by atoms with E-state index in [1.807, 2.05) is 30.3 Å². The van der Waals surface area contributed by atoms with E-state index in [1.54, 1.807) is 12.4 Å². The molecule has 3 aromatic rings. The summed E-state index contributed by atoms with van der Waals surface area (Å²) in [4.78, 5) is 28.0. The molecule has 33 heavy (non-hydrogen) atoms. The number of carbonyl (C=O) groups is 1. The monoisotopic (exact) mass is 449 g/mol. The van der Waals surface area contributed by atoms with E-state index in [1.165, 1.54) is 6.20 Å². The van der Waals surface area contributed by atoms with Crippen LogP contribution in [0.25, 0.3) is 11.3 Å². The van der Waals surface area contributed by atoms with Crippen LogP contribution in [-0.4, -0.2) is 64.9 Å². The van der Waals surface area contributed by atoms with Gasteiger partial charge in [-0.05, 0) is 18.1 Å². The fraction of sp³-hybridized carbons (Fsp3) is 0.304. The minimum Gasteiger partial charge on any atom is -0.395 e. The Morgan fingerprint density at radius 2 is 1.94 bits per heavy atom. The lowest BCUT2D eigenvalue weighted by Gasteiger charge is -2.30. The molecule has 0 bridgehead atoms. The van der Waals surface area contributed by atoms with E-state index in [9.17, 15) is 4.79 Å². The SMILES string of the molecule is Nc1ncc(-c2ccc(CC(N)CO)cc2)nc1C(=O)Nc1cnccc1N1CCOCC1. The van der Waals surface area contributed by atoms with Crippen molar-refractivity contribution in [2.75, 3.05) is 48.9 Å². The molecule has 0 aliphatic carbocycles. The second-order valence-corrected chi connectivity index (χ2v) is 7.78. The molecule has 1 aromatic carbocycles. The number of morpholine rings is 1. The average Bonchev–Trinajstić information content (AvgIpc) is 2.85. The van der Waals surface area contributed by atoms with Crippen molar-refractivity contribution in [3.8, 4) is 11.3 Å². The van der Waals surface area contributed by atoms with Crippen LogP contribution in [0.2, 0.25) is 0 Å². The van der Waals surface area contributed by atoms with Crippen molar-refractivity contribution in [3.05, 3.63) is 60.2 Å². The molecular weight excluding hydrogens is 422 g/mol. The quantitative estimate of drug-likeness (QED) is 0.415. The fourth-order valence-electron chi connectivity index (χ4n) is 3.63. The van der Waals surface area contributed by atoms with Crippen LogP contribution in [0.5, 0.6) is 0 Å². The molecule has 1 aliphatic rings. The minimum atomic E-state index is -0.463. The Labute approximate surface area is 191 Å². The first-order chi connectivity index (χ1) is 16.0. The number of aliphatic hydroxyl groups excluding tert-OH is 1. The van der Waals surface area contributed by atoms with Gasteiger partial charge in [0.1, 0.15) is 0 Å². The van der Waals surface area contributed by atoms with E-state index in [0.717, 1.165) is 29.9 Å². The number of nitrogens with two attached hydrogens (primary N) is 2. The first-order valence-electron chi connectivity index (χ1n) is 10.7. The summed E-state index contributed by atoms with van der Waals surface area (Å²) in [5.41, 5.74) is 15.6. The number of nitrogens with one attached hydrogen (secondary N) is 1. The number of aliphatic hydroxyl groups is 1. The summed E-state index contributed by atoms with van der Waals surface area (Å²) < 4.78 is 5.42. The molecule has 10 heteroatoms. The number of pyridine rings is 1. The van der Waals surface area contributed by atoms with Crippen LogP contribution < -0.4 is 21.7 Å². The van der Waals surface area contributed by atoms with Gasteiger partial charge >= 0.3 is 0 Å². The fourth-order valence-corrected chi connectivity index (χ4v) is 3.63. The largest absolute Gasteiger partial charge is 0.395 e. The highest BCUT2D eigenvalue weighted by atomic mass is 16.5. The summed E-state index contributed by atoms with van der Waals surface area (Å²) in [5, 5.41) is 12.0. The molecule has 3 heterocycles. The molecule has 1 aliphatic heterocycles. The van der Waals surface area contributed by atoms with Crippen LogP contribution in [0, 0.1) is 0 Å². The van der Waals surface area contributed by atoms with Gasteiger partial charge in [0.25, 0.3) is 5.91 Å². The highest BCUT2D eigenvalue weighted by Crippen LogP contribution is 2.26. The third-order valence-electron chi connectivity index (χ3n) is 5.40. The number of ether oxygens (including phenoxy) is 1. The van der Waals surface area contributed by atoms with Gasteiger partial charge in [0.05, 0.1) is 49.3 Å². The summed E-state index contributed by atoms with van der Waals surface area (Å²) in [6.07, 6.45) is 5.39. The Morgan fingerprint density at radius 1 is 1.18 bits per heavy atom. The van der Waals surface area contributed by atoms with Gasteiger partial charge in [0.15, 0.2) is 11.5 Å². The lowest BCUT2D eigenvalue weighted by molar-refractivity contribution is 0.102. The number of carbonyl (C=O) groups excluding carboxylic acids is 1. The van der Waals surface area contributed by atoms with Crippen LogP contribution in [0.4, 0.5) is 17.2 Å². The second-order valence-electron chi connectivity index (χ2n) is 7.78. The smallest absolute Gasteiger partial charge is 0.278 e. The third-order valence-corrected chi connectivity index (χ3v) is 5.40. The topological polar surface area (TPSA) is 153 Å². The van der Waals surface area contributed by atoms with E-state index < -0.39 is 5.91 Å². The van der Waals surface area contributed by atoms with E-state index >= 15 is 0 Å². The number of nitrogen functional groups attached to an aromatic ring is 1. The molecule has 2 aromatic heterocycles. The normalized spacial score (nSPS) is 14.7. The molecule has 1 amide bonds. The summed E-state index contributed by atoms with van der Waals surface area (Å²) in [5.74, 6) is -0.423. The molecule has 0 radical (unpaired) electrons. The summed E-state index contributed by atoms with van der Waals surface area (Å²) in [6, 6.07) is 9.12. The standard InChI is InChI=1S/C23H27N7O3/c24-17(14-31)11-15-1-3-16(4-2-15)18-13-27-22(25)21(28-18)23(32)29-19-12-26-6-5-20(19)30-7-9-33-10-8-30/h1-6,12-13,17,31H,7-11,14,24H2,(H2,25,27)(H,29,32). The van der Waals surface area contributed by atoms with Gasteiger partial charge in [0, 0.05) is 30.9 Å². The van der Waals surface area contributed by atoms with Crippen molar-refractivity contribution in [2.24, 2.45) is 5.73 Å². The average molecular weight is 450 g/mol. The van der Waals surface area contributed by atoms with Crippen molar-refractivity contribution in [3.63, 3.8) is 0 Å². The van der Waals surface area contributed by atoms with Crippen molar-refractivity contribution in [1.29, 1.82) is 0 Å². The van der Waals surface area contributed by atoms with Gasteiger partial charge in [-0.1, -0.05) is 24.3 Å². The molecule has 1 saturated heterocycles. The predicted molar refractivity (Wildman–Crippen MR) is 126 cm³/mol. The van der Waals surface area contributed by atoms with Gasteiger partial charge in [-0.15, -0.1) is 0 Å². The van der Waals surface area contributed by atoms with Crippen molar-refractivity contribution < 1.29 is 14.6 Å². The Hall–Kier alpha value is -3.60. The Kier molecular flexibility index (Phi) is 7.08.